The second-order valence-corrected chi connectivity index (χ2v) is 9.25. The molecule has 1 unspecified atom stereocenters. The molecular weight excluding hydrogens is 415 g/mol. The van der Waals surface area contributed by atoms with E-state index in [-0.39, 0.29) is 11.9 Å². The fourth-order valence-corrected chi connectivity index (χ4v) is 4.99. The van der Waals surface area contributed by atoms with Gasteiger partial charge in [-0.1, -0.05) is 24.3 Å². The van der Waals surface area contributed by atoms with Crippen molar-refractivity contribution in [3.63, 3.8) is 0 Å². The predicted octanol–water partition coefficient (Wildman–Crippen LogP) is 4.93. The van der Waals surface area contributed by atoms with Gasteiger partial charge >= 0.3 is 0 Å². The number of likely N-dealkylation sites (N-methyl/N-ethyl adjacent to an activating group) is 1. The number of likely N-dealkylation sites (tertiary alicyclic amines) is 1. The van der Waals surface area contributed by atoms with Crippen LogP contribution < -0.4 is 0 Å². The fourth-order valence-electron chi connectivity index (χ4n) is 4.99. The third kappa shape index (κ3) is 6.21. The van der Waals surface area contributed by atoms with Gasteiger partial charge in [0, 0.05) is 37.9 Å². The Morgan fingerprint density at radius 1 is 1.18 bits per heavy atom. The van der Waals surface area contributed by atoms with Gasteiger partial charge in [-0.15, -0.1) is 0 Å². The molecule has 1 atom stereocenters. The molecular formula is C27H35FN4O. The summed E-state index contributed by atoms with van der Waals surface area (Å²) in [7, 11) is 4.14. The molecule has 0 spiro atoms. The van der Waals surface area contributed by atoms with Gasteiger partial charge in [0.2, 0.25) is 0 Å². The topological polar surface area (TPSA) is 37.4 Å². The Bertz CT molecular complexity index is 1030. The minimum atomic E-state index is -0.103. The predicted molar refractivity (Wildman–Crippen MR) is 130 cm³/mol. The summed E-state index contributed by atoms with van der Waals surface area (Å²) in [6.07, 6.45) is 11.0. The molecule has 3 aromatic rings. The first-order valence-corrected chi connectivity index (χ1v) is 11.8. The number of nitrogens with zero attached hydrogens (tertiary/aromatic N) is 4. The lowest BCUT2D eigenvalue weighted by molar-refractivity contribution is 0.103. The van der Waals surface area contributed by atoms with E-state index in [1.807, 2.05) is 42.1 Å². The number of aryl methyl sites for hydroxylation is 2. The van der Waals surface area contributed by atoms with E-state index in [0.29, 0.717) is 5.92 Å². The van der Waals surface area contributed by atoms with Gasteiger partial charge in [0.05, 0.1) is 12.0 Å². The quantitative estimate of drug-likeness (QED) is 0.463. The lowest BCUT2D eigenvalue weighted by Crippen LogP contribution is -2.45. The van der Waals surface area contributed by atoms with Crippen LogP contribution in [-0.4, -0.2) is 52.3 Å². The molecule has 3 heterocycles. The normalized spacial score (nSPS) is 16.8. The van der Waals surface area contributed by atoms with Crippen LogP contribution in [0.15, 0.2) is 59.4 Å². The second kappa shape index (κ2) is 10.9. The van der Waals surface area contributed by atoms with Crippen LogP contribution in [0.4, 0.5) is 4.39 Å². The summed E-state index contributed by atoms with van der Waals surface area (Å²) in [6.45, 7) is 5.92. The number of halogens is 1. The Kier molecular flexibility index (Phi) is 7.78. The molecule has 5 nitrogen and oxygen atoms in total. The van der Waals surface area contributed by atoms with Gasteiger partial charge in [0.15, 0.2) is 0 Å². The zero-order valence-electron chi connectivity index (χ0n) is 20.0. The van der Waals surface area contributed by atoms with Crippen LogP contribution in [0.2, 0.25) is 0 Å². The molecule has 1 aliphatic rings. The minimum absolute atomic E-state index is 0.103. The lowest BCUT2D eigenvalue weighted by Gasteiger charge is -2.40. The zero-order chi connectivity index (χ0) is 23.2. The Morgan fingerprint density at radius 2 is 1.97 bits per heavy atom. The lowest BCUT2D eigenvalue weighted by atomic mass is 9.84. The molecule has 2 aromatic heterocycles. The Hall–Kier alpha value is -2.70. The number of hydrogen-bond donors (Lipinski definition) is 0. The number of benzene rings is 1. The van der Waals surface area contributed by atoms with Gasteiger partial charge in [-0.2, -0.15) is 5.10 Å². The Balaban J connectivity index is 1.41. The SMILES string of the molecule is Cc1nn(C)cc1CN(C)C(Cc1ccccc1F)C1CCN(C/C=C/c2ccco2)CC1. The number of furan rings is 1. The second-order valence-electron chi connectivity index (χ2n) is 9.25. The van der Waals surface area contributed by atoms with Gasteiger partial charge in [0.25, 0.3) is 0 Å². The van der Waals surface area contributed by atoms with Crippen LogP contribution in [0, 0.1) is 18.7 Å². The highest BCUT2D eigenvalue weighted by molar-refractivity contribution is 5.42. The Morgan fingerprint density at radius 3 is 2.64 bits per heavy atom. The van der Waals surface area contributed by atoms with Gasteiger partial charge in [0.1, 0.15) is 11.6 Å². The van der Waals surface area contributed by atoms with Crippen molar-refractivity contribution in [1.29, 1.82) is 0 Å². The molecule has 0 N–H and O–H groups in total. The van der Waals surface area contributed by atoms with E-state index in [4.69, 9.17) is 4.42 Å². The van der Waals surface area contributed by atoms with Crippen molar-refractivity contribution >= 4 is 6.08 Å². The maximum atomic E-state index is 14.5. The summed E-state index contributed by atoms with van der Waals surface area (Å²) in [4.78, 5) is 4.90. The molecule has 33 heavy (non-hydrogen) atoms. The van der Waals surface area contributed by atoms with Crippen LogP contribution >= 0.6 is 0 Å². The van der Waals surface area contributed by atoms with Crippen molar-refractivity contribution in [2.24, 2.45) is 13.0 Å². The van der Waals surface area contributed by atoms with E-state index < -0.39 is 0 Å². The first-order chi connectivity index (χ1) is 16.0. The fraction of sp³-hybridized carbons (Fsp3) is 0.444. The molecule has 4 rings (SSSR count). The number of rotatable bonds is 9. The zero-order valence-corrected chi connectivity index (χ0v) is 20.0. The first-order valence-electron chi connectivity index (χ1n) is 11.8. The number of piperidine rings is 1. The smallest absolute Gasteiger partial charge is 0.126 e. The molecule has 176 valence electrons. The molecule has 6 heteroatoms. The summed E-state index contributed by atoms with van der Waals surface area (Å²) in [6, 6.07) is 11.4. The maximum Gasteiger partial charge on any atom is 0.126 e. The van der Waals surface area contributed by atoms with E-state index >= 15 is 0 Å². The average Bonchev–Trinajstić information content (AvgIpc) is 3.43. The standard InChI is InChI=1S/C27H35FN4O/c1-21-24(20-31(3)29-21)19-30(2)27(18-23-8-4-5-11-26(23)28)22-12-15-32(16-13-22)14-6-9-25-10-7-17-33-25/h4-11,17,20,22,27H,12-16,18-19H2,1-3H3/b9-6+. The van der Waals surface area contributed by atoms with E-state index in [2.05, 4.69) is 41.1 Å². The van der Waals surface area contributed by atoms with Crippen LogP contribution in [0.3, 0.4) is 0 Å². The molecule has 0 amide bonds. The summed E-state index contributed by atoms with van der Waals surface area (Å²) >= 11 is 0. The summed E-state index contributed by atoms with van der Waals surface area (Å²) < 4.78 is 21.8. The monoisotopic (exact) mass is 450 g/mol. The number of hydrogen-bond acceptors (Lipinski definition) is 4. The summed E-state index contributed by atoms with van der Waals surface area (Å²) in [5, 5.41) is 4.50. The van der Waals surface area contributed by atoms with E-state index in [1.54, 1.807) is 18.4 Å². The molecule has 0 saturated carbocycles. The van der Waals surface area contributed by atoms with Crippen LogP contribution in [0.25, 0.3) is 6.08 Å². The number of aromatic nitrogens is 2. The van der Waals surface area contributed by atoms with Crippen LogP contribution in [0.1, 0.15) is 35.4 Å². The molecule has 0 radical (unpaired) electrons. The van der Waals surface area contributed by atoms with E-state index in [9.17, 15) is 4.39 Å². The summed E-state index contributed by atoms with van der Waals surface area (Å²) in [5.74, 6) is 1.31. The van der Waals surface area contributed by atoms with Crippen molar-refractivity contribution in [3.05, 3.63) is 83.3 Å². The van der Waals surface area contributed by atoms with Crippen LogP contribution in [0.5, 0.6) is 0 Å². The average molecular weight is 451 g/mol. The van der Waals surface area contributed by atoms with Crippen molar-refractivity contribution in [1.82, 2.24) is 19.6 Å². The molecule has 1 fully saturated rings. The molecule has 1 saturated heterocycles. The molecule has 1 aliphatic heterocycles. The third-order valence-electron chi connectivity index (χ3n) is 6.85. The maximum absolute atomic E-state index is 14.5. The Labute approximate surface area is 196 Å². The van der Waals surface area contributed by atoms with Gasteiger partial charge in [-0.05, 0) is 82.1 Å². The summed E-state index contributed by atoms with van der Waals surface area (Å²) in [5.41, 5.74) is 3.10. The minimum Gasteiger partial charge on any atom is -0.465 e. The largest absolute Gasteiger partial charge is 0.465 e. The van der Waals surface area contributed by atoms with E-state index in [0.717, 1.165) is 62.5 Å². The first kappa shape index (κ1) is 23.5. The highest BCUT2D eigenvalue weighted by Gasteiger charge is 2.30. The van der Waals surface area contributed by atoms with Crippen molar-refractivity contribution in [2.75, 3.05) is 26.7 Å². The highest BCUT2D eigenvalue weighted by atomic mass is 19.1. The molecule has 0 aliphatic carbocycles. The van der Waals surface area contributed by atoms with Crippen molar-refractivity contribution in [3.8, 4) is 0 Å². The van der Waals surface area contributed by atoms with Gasteiger partial charge < -0.3 is 4.42 Å². The highest BCUT2D eigenvalue weighted by Crippen LogP contribution is 2.28. The van der Waals surface area contributed by atoms with Gasteiger partial charge in [-0.3, -0.25) is 14.5 Å². The third-order valence-corrected chi connectivity index (χ3v) is 6.85. The van der Waals surface area contributed by atoms with Crippen molar-refractivity contribution < 1.29 is 8.81 Å². The molecule has 0 bridgehead atoms. The van der Waals surface area contributed by atoms with Crippen molar-refractivity contribution in [2.45, 2.75) is 38.8 Å². The van der Waals surface area contributed by atoms with Crippen LogP contribution in [-0.2, 0) is 20.0 Å². The van der Waals surface area contributed by atoms with Gasteiger partial charge in [-0.25, -0.2) is 4.39 Å². The van der Waals surface area contributed by atoms with E-state index in [1.165, 1.54) is 5.56 Å². The molecule has 1 aromatic carbocycles.